The van der Waals surface area contributed by atoms with Gasteiger partial charge < -0.3 is 29.7 Å². The van der Waals surface area contributed by atoms with Crippen molar-refractivity contribution in [1.29, 1.82) is 0 Å². The van der Waals surface area contributed by atoms with Crippen LogP contribution in [0.3, 0.4) is 0 Å². The van der Waals surface area contributed by atoms with E-state index in [2.05, 4.69) is 26.6 Å². The van der Waals surface area contributed by atoms with Crippen molar-refractivity contribution in [2.24, 2.45) is 0 Å². The fraction of sp³-hybridized carbons (Fsp3) is 0.381. The van der Waals surface area contributed by atoms with Gasteiger partial charge in [-0.05, 0) is 58.7 Å². The van der Waals surface area contributed by atoms with Crippen molar-refractivity contribution in [3.63, 3.8) is 0 Å². The first-order chi connectivity index (χ1) is 15.4. The molecular weight excluding hydrogens is 502 g/mol. The molecule has 0 saturated carbocycles. The van der Waals surface area contributed by atoms with E-state index in [-0.39, 0.29) is 19.1 Å². The lowest BCUT2D eigenvalue weighted by atomic mass is 9.96. The molecule has 0 spiro atoms. The Morgan fingerprint density at radius 3 is 2.66 bits per heavy atom. The van der Waals surface area contributed by atoms with Crippen molar-refractivity contribution in [2.45, 2.75) is 18.9 Å². The van der Waals surface area contributed by atoms with E-state index in [0.29, 0.717) is 36.9 Å². The summed E-state index contributed by atoms with van der Waals surface area (Å²) in [6.45, 7) is 3.35. The Bertz CT molecular complexity index is 1040. The maximum atomic E-state index is 13.0. The molecule has 2 aliphatic rings. The topological polar surface area (TPSA) is 106 Å². The molecule has 4 rings (SSSR count). The van der Waals surface area contributed by atoms with Crippen molar-refractivity contribution >= 4 is 56.5 Å². The molecule has 2 saturated heterocycles. The molecule has 11 heteroatoms. The van der Waals surface area contributed by atoms with Gasteiger partial charge in [-0.3, -0.25) is 9.59 Å². The van der Waals surface area contributed by atoms with Crippen LogP contribution in [0.5, 0.6) is 5.06 Å². The molecule has 32 heavy (non-hydrogen) atoms. The van der Waals surface area contributed by atoms with Crippen molar-refractivity contribution in [3.05, 3.63) is 39.7 Å². The molecule has 2 aliphatic heterocycles. The van der Waals surface area contributed by atoms with E-state index in [0.717, 1.165) is 15.0 Å². The highest BCUT2D eigenvalue weighted by Crippen LogP contribution is 2.30. The first kappa shape index (κ1) is 22.7. The summed E-state index contributed by atoms with van der Waals surface area (Å²) in [4.78, 5) is 39.3. The highest BCUT2D eigenvalue weighted by Gasteiger charge is 2.48. The van der Waals surface area contributed by atoms with Crippen LogP contribution in [0.1, 0.15) is 12.0 Å². The summed E-state index contributed by atoms with van der Waals surface area (Å²) in [7, 11) is 0. The Kier molecular flexibility index (Phi) is 6.79. The monoisotopic (exact) mass is 523 g/mol. The van der Waals surface area contributed by atoms with Crippen LogP contribution < -0.4 is 20.3 Å². The van der Waals surface area contributed by atoms with Crippen LogP contribution in [-0.2, 0) is 19.1 Å². The highest BCUT2D eigenvalue weighted by atomic mass is 79.9. The lowest BCUT2D eigenvalue weighted by Gasteiger charge is -2.39. The van der Waals surface area contributed by atoms with Gasteiger partial charge >= 0.3 is 6.09 Å². The fourth-order valence-corrected chi connectivity index (χ4v) is 4.64. The quantitative estimate of drug-likeness (QED) is 0.623. The van der Waals surface area contributed by atoms with E-state index in [1.54, 1.807) is 35.2 Å². The Balaban J connectivity index is 1.42. The minimum Gasteiger partial charge on any atom is -0.399 e. The third-order valence-corrected chi connectivity index (χ3v) is 6.68. The number of benzene rings is 1. The maximum Gasteiger partial charge on any atom is 0.414 e. The summed E-state index contributed by atoms with van der Waals surface area (Å²) < 4.78 is 16.7. The van der Waals surface area contributed by atoms with Gasteiger partial charge in [0.2, 0.25) is 5.91 Å². The molecule has 0 radical (unpaired) electrons. The van der Waals surface area contributed by atoms with E-state index >= 15 is 0 Å². The average Bonchev–Trinajstić information content (AvgIpc) is 3.00. The molecule has 2 fully saturated rings. The first-order valence-corrected chi connectivity index (χ1v) is 11.6. The van der Waals surface area contributed by atoms with Crippen LogP contribution in [0.2, 0.25) is 0 Å². The number of aryl methyl sites for hydroxylation is 1. The van der Waals surface area contributed by atoms with Gasteiger partial charge in [-0.25, -0.2) is 4.79 Å². The Morgan fingerprint density at radius 2 is 2.00 bits per heavy atom. The molecule has 1 aromatic carbocycles. The molecule has 2 N–H and O–H groups in total. The summed E-state index contributed by atoms with van der Waals surface area (Å²) in [5, 5.41) is 5.86. The molecule has 3 heterocycles. The van der Waals surface area contributed by atoms with Gasteiger partial charge in [0, 0.05) is 17.9 Å². The number of amides is 3. The number of halogens is 1. The predicted octanol–water partition coefficient (Wildman–Crippen LogP) is 3.07. The van der Waals surface area contributed by atoms with Crippen LogP contribution >= 0.6 is 27.3 Å². The molecule has 1 aromatic heterocycles. The van der Waals surface area contributed by atoms with Gasteiger partial charge in [-0.2, -0.15) is 0 Å². The van der Waals surface area contributed by atoms with Gasteiger partial charge in [0.15, 0.2) is 10.6 Å². The van der Waals surface area contributed by atoms with Crippen LogP contribution in [0.15, 0.2) is 34.1 Å². The van der Waals surface area contributed by atoms with Gasteiger partial charge in [0.1, 0.15) is 0 Å². The van der Waals surface area contributed by atoms with Crippen LogP contribution in [0.4, 0.5) is 16.2 Å². The molecule has 9 nitrogen and oxygen atoms in total. The van der Waals surface area contributed by atoms with Gasteiger partial charge in [-0.15, -0.1) is 0 Å². The first-order valence-electron chi connectivity index (χ1n) is 10.00. The van der Waals surface area contributed by atoms with Crippen LogP contribution in [0, 0.1) is 6.92 Å². The summed E-state index contributed by atoms with van der Waals surface area (Å²) in [6, 6.07) is 8.74. The van der Waals surface area contributed by atoms with Crippen molar-refractivity contribution in [3.8, 4) is 5.06 Å². The van der Waals surface area contributed by atoms with Crippen molar-refractivity contribution in [1.82, 2.24) is 5.32 Å². The third kappa shape index (κ3) is 4.96. The fourth-order valence-electron chi connectivity index (χ4n) is 3.45. The maximum absolute atomic E-state index is 13.0. The second-order valence-corrected chi connectivity index (χ2v) is 9.94. The summed E-state index contributed by atoms with van der Waals surface area (Å²) in [5.41, 5.74) is 0.964. The molecule has 2 aromatic rings. The Hall–Kier alpha value is -2.47. The number of thiophene rings is 1. The number of carbonyl (C=O) groups excluding carboxylic acids is 3. The molecule has 170 valence electrons. The molecule has 0 unspecified atom stereocenters. The lowest BCUT2D eigenvalue weighted by Crippen LogP contribution is -2.69. The normalized spacial score (nSPS) is 17.8. The van der Waals surface area contributed by atoms with Crippen LogP contribution in [0.25, 0.3) is 0 Å². The van der Waals surface area contributed by atoms with Gasteiger partial charge in [-0.1, -0.05) is 11.3 Å². The summed E-state index contributed by atoms with van der Waals surface area (Å²) >= 11 is 4.57. The summed E-state index contributed by atoms with van der Waals surface area (Å²) in [5.74, 6) is -0.395. The predicted molar refractivity (Wildman–Crippen MR) is 122 cm³/mol. The average molecular weight is 524 g/mol. The number of nitrogens with one attached hydrogen (secondary N) is 2. The van der Waals surface area contributed by atoms with Gasteiger partial charge in [0.25, 0.3) is 5.91 Å². The molecule has 0 atom stereocenters. The number of rotatable bonds is 5. The molecule has 3 amide bonds. The Labute approximate surface area is 197 Å². The van der Waals surface area contributed by atoms with Crippen LogP contribution in [-0.4, -0.2) is 56.4 Å². The number of hydrogen-bond donors (Lipinski definition) is 2. The third-order valence-electron chi connectivity index (χ3n) is 5.18. The minimum absolute atomic E-state index is 0.00781. The highest BCUT2D eigenvalue weighted by molar-refractivity contribution is 9.11. The number of hydrogen-bond acceptors (Lipinski definition) is 7. The second kappa shape index (κ2) is 9.57. The largest absolute Gasteiger partial charge is 0.414 e. The smallest absolute Gasteiger partial charge is 0.399 e. The zero-order valence-electron chi connectivity index (χ0n) is 17.3. The van der Waals surface area contributed by atoms with Crippen molar-refractivity contribution < 1.29 is 28.6 Å². The van der Waals surface area contributed by atoms with E-state index in [4.69, 9.17) is 14.2 Å². The zero-order chi connectivity index (χ0) is 22.7. The summed E-state index contributed by atoms with van der Waals surface area (Å²) in [6.07, 6.45) is -0.392. The number of anilines is 2. The SMILES string of the molecule is Cc1cc(NC(=O)C2(NC(=O)Oc3ccc(Br)s3)COC2)ccc1N1CCOCCC1=O. The molecular formula is C21H22BrN3O6S. The van der Waals surface area contributed by atoms with E-state index in [1.807, 2.05) is 6.92 Å². The van der Waals surface area contributed by atoms with E-state index < -0.39 is 17.5 Å². The number of nitrogens with zero attached hydrogens (tertiary/aromatic N) is 1. The minimum atomic E-state index is -1.21. The van der Waals surface area contributed by atoms with E-state index in [1.165, 1.54) is 11.3 Å². The lowest BCUT2D eigenvalue weighted by molar-refractivity contribution is -0.141. The standard InChI is InChI=1S/C21H22BrN3O6S/c1-13-10-14(2-3-15(13)25-7-9-29-8-6-17(25)26)23-19(27)21(11-30-12-21)24-20(28)31-18-5-4-16(22)32-18/h2-5,10H,6-9,11-12H2,1H3,(H,23,27)(H,24,28). The van der Waals surface area contributed by atoms with Crippen molar-refractivity contribution in [2.75, 3.05) is 43.2 Å². The second-order valence-electron chi connectivity index (χ2n) is 7.51. The number of ether oxygens (including phenoxy) is 3. The molecule has 0 aliphatic carbocycles. The van der Waals surface area contributed by atoms with E-state index in [9.17, 15) is 14.4 Å². The zero-order valence-corrected chi connectivity index (χ0v) is 19.7. The molecule has 0 bridgehead atoms. The van der Waals surface area contributed by atoms with Gasteiger partial charge in [0.05, 0.1) is 36.6 Å². The number of carbonyl (C=O) groups is 3. The Morgan fingerprint density at radius 1 is 1.19 bits per heavy atom.